The van der Waals surface area contributed by atoms with Crippen LogP contribution in [0.4, 0.5) is 11.6 Å². The van der Waals surface area contributed by atoms with E-state index in [4.69, 9.17) is 4.42 Å². The van der Waals surface area contributed by atoms with Crippen molar-refractivity contribution in [2.75, 3.05) is 5.32 Å². The highest BCUT2D eigenvalue weighted by molar-refractivity contribution is 5.92. The first kappa shape index (κ1) is 15.7. The number of benzene rings is 1. The number of anilines is 2. The molecule has 0 saturated heterocycles. The van der Waals surface area contributed by atoms with Gasteiger partial charge < -0.3 is 15.1 Å². The van der Waals surface area contributed by atoms with Crippen LogP contribution in [0.5, 0.6) is 0 Å². The first-order chi connectivity index (χ1) is 11.6. The van der Waals surface area contributed by atoms with Crippen LogP contribution >= 0.6 is 0 Å². The number of nitrogens with zero attached hydrogens (tertiary/aromatic N) is 2. The van der Waals surface area contributed by atoms with Crippen LogP contribution in [0.1, 0.15) is 27.4 Å². The van der Waals surface area contributed by atoms with Crippen molar-refractivity contribution in [2.45, 2.75) is 20.4 Å². The summed E-state index contributed by atoms with van der Waals surface area (Å²) in [7, 11) is 0. The van der Waals surface area contributed by atoms with Crippen LogP contribution in [0.3, 0.4) is 0 Å². The standard InChI is InChI=1S/C18H18N4O2/c1-12-5-6-15(13(2)10-12)21-18-19-8-7-16(22-18)17(23)20-11-14-4-3-9-24-14/h3-10H,11H2,1-2H3,(H,20,23)(H,19,21,22). The molecule has 3 aromatic rings. The minimum absolute atomic E-state index is 0.280. The van der Waals surface area contributed by atoms with Crippen molar-refractivity contribution >= 4 is 17.5 Å². The van der Waals surface area contributed by atoms with E-state index in [0.29, 0.717) is 23.9 Å². The lowest BCUT2D eigenvalue weighted by Crippen LogP contribution is -2.24. The summed E-state index contributed by atoms with van der Waals surface area (Å²) in [6.07, 6.45) is 3.12. The fraction of sp³-hybridized carbons (Fsp3) is 0.167. The van der Waals surface area contributed by atoms with E-state index in [1.165, 1.54) is 5.56 Å². The molecule has 1 amide bonds. The van der Waals surface area contributed by atoms with E-state index < -0.39 is 0 Å². The number of hydrogen-bond acceptors (Lipinski definition) is 5. The second-order valence-electron chi connectivity index (χ2n) is 5.47. The van der Waals surface area contributed by atoms with Gasteiger partial charge in [0.15, 0.2) is 0 Å². The number of hydrogen-bond donors (Lipinski definition) is 2. The average molecular weight is 322 g/mol. The SMILES string of the molecule is Cc1ccc(Nc2nccc(C(=O)NCc3ccco3)n2)c(C)c1. The topological polar surface area (TPSA) is 80.0 Å². The van der Waals surface area contributed by atoms with Crippen molar-refractivity contribution in [3.8, 4) is 0 Å². The zero-order chi connectivity index (χ0) is 16.9. The Morgan fingerprint density at radius 3 is 2.83 bits per heavy atom. The molecule has 2 N–H and O–H groups in total. The zero-order valence-electron chi connectivity index (χ0n) is 13.5. The molecule has 6 heteroatoms. The van der Waals surface area contributed by atoms with Crippen molar-refractivity contribution in [3.05, 3.63) is 71.4 Å². The Bertz CT molecular complexity index is 844. The van der Waals surface area contributed by atoms with Gasteiger partial charge in [-0.1, -0.05) is 17.7 Å². The van der Waals surface area contributed by atoms with Gasteiger partial charge in [-0.15, -0.1) is 0 Å². The van der Waals surface area contributed by atoms with Gasteiger partial charge in [0, 0.05) is 11.9 Å². The lowest BCUT2D eigenvalue weighted by atomic mass is 10.1. The second kappa shape index (κ2) is 6.95. The molecule has 0 spiro atoms. The lowest BCUT2D eigenvalue weighted by Gasteiger charge is -2.09. The van der Waals surface area contributed by atoms with Gasteiger partial charge >= 0.3 is 0 Å². The monoisotopic (exact) mass is 322 g/mol. The van der Waals surface area contributed by atoms with Crippen molar-refractivity contribution < 1.29 is 9.21 Å². The molecule has 0 unspecified atom stereocenters. The molecule has 0 atom stereocenters. The van der Waals surface area contributed by atoms with Crippen LogP contribution in [0.2, 0.25) is 0 Å². The van der Waals surface area contributed by atoms with Gasteiger partial charge in [0.05, 0.1) is 12.8 Å². The third kappa shape index (κ3) is 3.78. The maximum Gasteiger partial charge on any atom is 0.270 e. The van der Waals surface area contributed by atoms with Crippen LogP contribution in [0.15, 0.2) is 53.3 Å². The number of carbonyl (C=O) groups excluding carboxylic acids is 1. The molecule has 1 aromatic carbocycles. The molecule has 0 aliphatic rings. The van der Waals surface area contributed by atoms with Gasteiger partial charge in [-0.25, -0.2) is 9.97 Å². The summed E-state index contributed by atoms with van der Waals surface area (Å²) in [4.78, 5) is 20.6. The summed E-state index contributed by atoms with van der Waals surface area (Å²) < 4.78 is 5.19. The molecule has 0 radical (unpaired) electrons. The second-order valence-corrected chi connectivity index (χ2v) is 5.47. The average Bonchev–Trinajstić information content (AvgIpc) is 3.09. The van der Waals surface area contributed by atoms with E-state index in [1.54, 1.807) is 30.7 Å². The Balaban J connectivity index is 1.70. The summed E-state index contributed by atoms with van der Waals surface area (Å²) >= 11 is 0. The Morgan fingerprint density at radius 2 is 2.08 bits per heavy atom. The van der Waals surface area contributed by atoms with Crippen molar-refractivity contribution in [1.29, 1.82) is 0 Å². The van der Waals surface area contributed by atoms with E-state index in [-0.39, 0.29) is 5.91 Å². The minimum atomic E-state index is -0.280. The first-order valence-corrected chi connectivity index (χ1v) is 7.60. The van der Waals surface area contributed by atoms with Crippen LogP contribution in [0.25, 0.3) is 0 Å². The van der Waals surface area contributed by atoms with Gasteiger partial charge in [-0.2, -0.15) is 0 Å². The summed E-state index contributed by atoms with van der Waals surface area (Å²) in [6.45, 7) is 4.36. The number of aromatic nitrogens is 2. The highest BCUT2D eigenvalue weighted by Crippen LogP contribution is 2.19. The number of furan rings is 1. The summed E-state index contributed by atoms with van der Waals surface area (Å²) in [5.41, 5.74) is 3.48. The predicted molar refractivity (Wildman–Crippen MR) is 91.1 cm³/mol. The molecule has 3 rings (SSSR count). The summed E-state index contributed by atoms with van der Waals surface area (Å²) in [5, 5.41) is 5.90. The lowest BCUT2D eigenvalue weighted by molar-refractivity contribution is 0.0943. The van der Waals surface area contributed by atoms with Crippen LogP contribution in [-0.4, -0.2) is 15.9 Å². The zero-order valence-corrected chi connectivity index (χ0v) is 13.5. The molecule has 122 valence electrons. The van der Waals surface area contributed by atoms with Crippen molar-refractivity contribution in [2.24, 2.45) is 0 Å². The molecule has 0 fully saturated rings. The molecule has 2 heterocycles. The Morgan fingerprint density at radius 1 is 1.21 bits per heavy atom. The molecular formula is C18H18N4O2. The van der Waals surface area contributed by atoms with Crippen LogP contribution in [0, 0.1) is 13.8 Å². The summed E-state index contributed by atoms with van der Waals surface area (Å²) in [5.74, 6) is 0.788. The molecule has 0 aliphatic carbocycles. The number of rotatable bonds is 5. The molecular weight excluding hydrogens is 304 g/mol. The van der Waals surface area contributed by atoms with E-state index >= 15 is 0 Å². The van der Waals surface area contributed by atoms with E-state index in [1.807, 2.05) is 26.0 Å². The quantitative estimate of drug-likeness (QED) is 0.753. The maximum atomic E-state index is 12.2. The Kier molecular flexibility index (Phi) is 4.56. The van der Waals surface area contributed by atoms with Crippen molar-refractivity contribution in [1.82, 2.24) is 15.3 Å². The molecule has 0 aliphatic heterocycles. The van der Waals surface area contributed by atoms with Gasteiger partial charge in [-0.05, 0) is 43.7 Å². The molecule has 6 nitrogen and oxygen atoms in total. The Labute approximate surface area is 140 Å². The fourth-order valence-electron chi connectivity index (χ4n) is 2.29. The smallest absolute Gasteiger partial charge is 0.270 e. The summed E-state index contributed by atoms with van der Waals surface area (Å²) in [6, 6.07) is 11.2. The highest BCUT2D eigenvalue weighted by Gasteiger charge is 2.10. The van der Waals surface area contributed by atoms with Gasteiger partial charge in [-0.3, -0.25) is 4.79 Å². The maximum absolute atomic E-state index is 12.2. The largest absolute Gasteiger partial charge is 0.467 e. The fourth-order valence-corrected chi connectivity index (χ4v) is 2.29. The molecule has 24 heavy (non-hydrogen) atoms. The normalized spacial score (nSPS) is 10.4. The number of amides is 1. The minimum Gasteiger partial charge on any atom is -0.467 e. The number of aryl methyl sites for hydroxylation is 2. The van der Waals surface area contributed by atoms with Gasteiger partial charge in [0.2, 0.25) is 5.95 Å². The van der Waals surface area contributed by atoms with E-state index in [0.717, 1.165) is 11.3 Å². The van der Waals surface area contributed by atoms with Crippen LogP contribution in [-0.2, 0) is 6.54 Å². The third-order valence-corrected chi connectivity index (χ3v) is 3.52. The molecule has 0 bridgehead atoms. The van der Waals surface area contributed by atoms with Crippen LogP contribution < -0.4 is 10.6 Å². The van der Waals surface area contributed by atoms with Gasteiger partial charge in [0.1, 0.15) is 11.5 Å². The van der Waals surface area contributed by atoms with Crippen molar-refractivity contribution in [3.63, 3.8) is 0 Å². The highest BCUT2D eigenvalue weighted by atomic mass is 16.3. The van der Waals surface area contributed by atoms with E-state index in [2.05, 4.69) is 26.7 Å². The molecule has 0 saturated carbocycles. The first-order valence-electron chi connectivity index (χ1n) is 7.60. The Hall–Kier alpha value is -3.15. The van der Waals surface area contributed by atoms with Gasteiger partial charge in [0.25, 0.3) is 5.91 Å². The number of carbonyl (C=O) groups is 1. The predicted octanol–water partition coefficient (Wildman–Crippen LogP) is 3.36. The third-order valence-electron chi connectivity index (χ3n) is 3.52. The molecule has 2 aromatic heterocycles. The van der Waals surface area contributed by atoms with E-state index in [9.17, 15) is 4.79 Å². The number of nitrogens with one attached hydrogen (secondary N) is 2.